The molecule has 0 radical (unpaired) electrons. The largest absolute Gasteiger partial charge is 0.346 e. The van der Waals surface area contributed by atoms with Gasteiger partial charge in [0.15, 0.2) is 0 Å². The lowest BCUT2D eigenvalue weighted by Crippen LogP contribution is -2.16. The first-order valence-electron chi connectivity index (χ1n) is 6.87. The summed E-state index contributed by atoms with van der Waals surface area (Å²) in [4.78, 5) is 1.96. The number of benzene rings is 1. The number of nitriles is 1. The van der Waals surface area contributed by atoms with Crippen LogP contribution in [-0.2, 0) is 6.42 Å². The van der Waals surface area contributed by atoms with Crippen molar-refractivity contribution in [3.8, 4) is 6.07 Å². The first-order valence-corrected chi connectivity index (χ1v) is 6.87. The highest BCUT2D eigenvalue weighted by atomic mass is 16.5. The fourth-order valence-corrected chi connectivity index (χ4v) is 3.00. The summed E-state index contributed by atoms with van der Waals surface area (Å²) < 4.78 is 5.50. The van der Waals surface area contributed by atoms with E-state index in [1.54, 1.807) is 0 Å². The molecular weight excluding hydrogens is 250 g/mol. The van der Waals surface area contributed by atoms with E-state index in [0.29, 0.717) is 0 Å². The Kier molecular flexibility index (Phi) is 3.19. The van der Waals surface area contributed by atoms with Gasteiger partial charge in [-0.1, -0.05) is 23.4 Å². The minimum atomic E-state index is 0.207. The SMILES string of the molecule is CN(C)c1onc2c1C(c1ccccc1C#N)CCC2. The van der Waals surface area contributed by atoms with Gasteiger partial charge in [-0.15, -0.1) is 0 Å². The molecule has 0 N–H and O–H groups in total. The average molecular weight is 267 g/mol. The van der Waals surface area contributed by atoms with E-state index in [2.05, 4.69) is 11.2 Å². The molecule has 1 atom stereocenters. The Morgan fingerprint density at radius 3 is 2.90 bits per heavy atom. The van der Waals surface area contributed by atoms with E-state index in [-0.39, 0.29) is 5.92 Å². The van der Waals surface area contributed by atoms with Gasteiger partial charge in [-0.05, 0) is 30.9 Å². The normalized spacial score (nSPS) is 17.4. The second-order valence-corrected chi connectivity index (χ2v) is 5.39. The van der Waals surface area contributed by atoms with E-state index in [1.165, 1.54) is 0 Å². The summed E-state index contributed by atoms with van der Waals surface area (Å²) in [6.07, 6.45) is 3.07. The van der Waals surface area contributed by atoms with Gasteiger partial charge >= 0.3 is 0 Å². The average Bonchev–Trinajstić information content (AvgIpc) is 2.91. The van der Waals surface area contributed by atoms with Crippen LogP contribution in [0.1, 0.15) is 41.1 Å². The van der Waals surface area contributed by atoms with Crippen molar-refractivity contribution in [2.24, 2.45) is 0 Å². The highest BCUT2D eigenvalue weighted by molar-refractivity contribution is 5.54. The third-order valence-corrected chi connectivity index (χ3v) is 3.90. The zero-order chi connectivity index (χ0) is 14.1. The Balaban J connectivity index is 2.14. The first-order chi connectivity index (χ1) is 9.72. The van der Waals surface area contributed by atoms with Gasteiger partial charge in [0, 0.05) is 25.6 Å². The smallest absolute Gasteiger partial charge is 0.230 e. The van der Waals surface area contributed by atoms with Crippen molar-refractivity contribution in [1.29, 1.82) is 5.26 Å². The van der Waals surface area contributed by atoms with Crippen LogP contribution in [-0.4, -0.2) is 19.3 Å². The van der Waals surface area contributed by atoms with Crippen LogP contribution in [0.5, 0.6) is 0 Å². The molecule has 20 heavy (non-hydrogen) atoms. The van der Waals surface area contributed by atoms with Crippen molar-refractivity contribution < 1.29 is 4.52 Å². The van der Waals surface area contributed by atoms with Crippen LogP contribution in [0.4, 0.5) is 5.88 Å². The van der Waals surface area contributed by atoms with Crippen molar-refractivity contribution in [3.05, 3.63) is 46.6 Å². The van der Waals surface area contributed by atoms with E-state index in [4.69, 9.17) is 4.52 Å². The molecule has 4 nitrogen and oxygen atoms in total. The van der Waals surface area contributed by atoms with Gasteiger partial charge in [0.2, 0.25) is 5.88 Å². The number of hydrogen-bond donors (Lipinski definition) is 0. The summed E-state index contributed by atoms with van der Waals surface area (Å²) in [7, 11) is 3.92. The van der Waals surface area contributed by atoms with Crippen molar-refractivity contribution >= 4 is 5.88 Å². The standard InChI is InChI=1S/C16H17N3O/c1-19(2)16-15-13(8-5-9-14(15)18-20-16)12-7-4-3-6-11(12)10-17/h3-4,6-7,13H,5,8-9H2,1-2H3. The predicted molar refractivity (Wildman–Crippen MR) is 76.8 cm³/mol. The zero-order valence-electron chi connectivity index (χ0n) is 11.8. The second-order valence-electron chi connectivity index (χ2n) is 5.39. The summed E-state index contributed by atoms with van der Waals surface area (Å²) >= 11 is 0. The third kappa shape index (κ3) is 1.96. The molecule has 0 aliphatic heterocycles. The highest BCUT2D eigenvalue weighted by Crippen LogP contribution is 2.42. The summed E-state index contributed by atoms with van der Waals surface area (Å²) in [5.74, 6) is 1.02. The van der Waals surface area contributed by atoms with Crippen molar-refractivity contribution in [3.63, 3.8) is 0 Å². The van der Waals surface area contributed by atoms with Crippen LogP contribution in [0.15, 0.2) is 28.8 Å². The summed E-state index contributed by atoms with van der Waals surface area (Å²) in [5, 5.41) is 13.5. The van der Waals surface area contributed by atoms with Crippen LogP contribution >= 0.6 is 0 Å². The molecule has 0 bridgehead atoms. The molecule has 3 rings (SSSR count). The Hall–Kier alpha value is -2.28. The lowest BCUT2D eigenvalue weighted by Gasteiger charge is -2.24. The molecule has 1 aliphatic carbocycles. The van der Waals surface area contributed by atoms with Gasteiger partial charge in [-0.25, -0.2) is 0 Å². The maximum absolute atomic E-state index is 9.33. The van der Waals surface area contributed by atoms with Gasteiger partial charge in [-0.3, -0.25) is 0 Å². The zero-order valence-corrected chi connectivity index (χ0v) is 11.8. The van der Waals surface area contributed by atoms with E-state index in [9.17, 15) is 5.26 Å². The van der Waals surface area contributed by atoms with Crippen LogP contribution in [0, 0.1) is 11.3 Å². The molecule has 1 heterocycles. The molecule has 1 aromatic heterocycles. The number of anilines is 1. The van der Waals surface area contributed by atoms with E-state index in [0.717, 1.165) is 47.5 Å². The molecule has 0 saturated heterocycles. The van der Waals surface area contributed by atoms with Crippen LogP contribution < -0.4 is 4.90 Å². The highest BCUT2D eigenvalue weighted by Gasteiger charge is 2.31. The Morgan fingerprint density at radius 2 is 2.15 bits per heavy atom. The quantitative estimate of drug-likeness (QED) is 0.839. The lowest BCUT2D eigenvalue weighted by molar-refractivity contribution is 0.415. The maximum Gasteiger partial charge on any atom is 0.230 e. The van der Waals surface area contributed by atoms with Gasteiger partial charge in [0.05, 0.1) is 17.3 Å². The molecule has 4 heteroatoms. The van der Waals surface area contributed by atoms with Crippen LogP contribution in [0.3, 0.4) is 0 Å². The third-order valence-electron chi connectivity index (χ3n) is 3.90. The fraction of sp³-hybridized carbons (Fsp3) is 0.375. The molecule has 1 aliphatic rings. The summed E-state index contributed by atoms with van der Waals surface area (Å²) in [6.45, 7) is 0. The number of fused-ring (bicyclic) bond motifs is 1. The van der Waals surface area contributed by atoms with Crippen molar-refractivity contribution in [2.75, 3.05) is 19.0 Å². The number of aryl methyl sites for hydroxylation is 1. The van der Waals surface area contributed by atoms with Crippen LogP contribution in [0.2, 0.25) is 0 Å². The van der Waals surface area contributed by atoms with Crippen molar-refractivity contribution in [2.45, 2.75) is 25.2 Å². The van der Waals surface area contributed by atoms with Gasteiger partial charge in [0.1, 0.15) is 0 Å². The molecule has 1 aromatic carbocycles. The Morgan fingerprint density at radius 1 is 1.35 bits per heavy atom. The molecule has 0 spiro atoms. The molecule has 2 aromatic rings. The van der Waals surface area contributed by atoms with Gasteiger partial charge in [-0.2, -0.15) is 5.26 Å². The fourth-order valence-electron chi connectivity index (χ4n) is 3.00. The predicted octanol–water partition coefficient (Wildman–Crippen LogP) is 3.08. The molecule has 0 amide bonds. The molecular formula is C16H17N3O. The van der Waals surface area contributed by atoms with E-state index < -0.39 is 0 Å². The number of nitrogens with zero attached hydrogens (tertiary/aromatic N) is 3. The molecule has 0 fully saturated rings. The minimum absolute atomic E-state index is 0.207. The second kappa shape index (κ2) is 5.01. The monoisotopic (exact) mass is 267 g/mol. The van der Waals surface area contributed by atoms with E-state index >= 15 is 0 Å². The number of hydrogen-bond acceptors (Lipinski definition) is 4. The van der Waals surface area contributed by atoms with Gasteiger partial charge in [0.25, 0.3) is 0 Å². The summed E-state index contributed by atoms with van der Waals surface area (Å²) in [6, 6.07) is 10.1. The maximum atomic E-state index is 9.33. The number of rotatable bonds is 2. The van der Waals surface area contributed by atoms with Crippen molar-refractivity contribution in [1.82, 2.24) is 5.16 Å². The lowest BCUT2D eigenvalue weighted by atomic mass is 9.80. The van der Waals surface area contributed by atoms with Gasteiger partial charge < -0.3 is 9.42 Å². The Labute approximate surface area is 118 Å². The Bertz CT molecular complexity index is 667. The summed E-state index contributed by atoms with van der Waals surface area (Å²) in [5.41, 5.74) is 4.03. The number of aromatic nitrogens is 1. The molecule has 102 valence electrons. The van der Waals surface area contributed by atoms with E-state index in [1.807, 2.05) is 43.3 Å². The molecule has 1 unspecified atom stereocenters. The minimum Gasteiger partial charge on any atom is -0.346 e. The van der Waals surface area contributed by atoms with Crippen LogP contribution in [0.25, 0.3) is 0 Å². The molecule has 0 saturated carbocycles. The first kappa shape index (κ1) is 12.7. The topological polar surface area (TPSA) is 53.1 Å².